The Balaban J connectivity index is 1.81. The molecule has 1 aromatic rings. The Hall–Kier alpha value is -0.450. The van der Waals surface area contributed by atoms with Crippen molar-refractivity contribution in [3.05, 3.63) is 34.1 Å². The van der Waals surface area contributed by atoms with Gasteiger partial charge in [0.2, 0.25) is 0 Å². The maximum Gasteiger partial charge on any atom is 0.124 e. The zero-order chi connectivity index (χ0) is 13.0. The standard InChI is InChI=1S/C14H19BrFNO/c1-17-12-4-6-13(7-5-12)18-9-10-2-3-11(16)8-14(10)15/h2-3,8,12-13,17H,4-7,9H2,1H3. The van der Waals surface area contributed by atoms with E-state index >= 15 is 0 Å². The van der Waals surface area contributed by atoms with Gasteiger partial charge in [-0.3, -0.25) is 0 Å². The molecule has 4 heteroatoms. The van der Waals surface area contributed by atoms with Crippen LogP contribution in [0.4, 0.5) is 4.39 Å². The summed E-state index contributed by atoms with van der Waals surface area (Å²) in [5.74, 6) is -0.222. The van der Waals surface area contributed by atoms with Gasteiger partial charge in [0.05, 0.1) is 12.7 Å². The van der Waals surface area contributed by atoms with Crippen LogP contribution in [-0.4, -0.2) is 19.2 Å². The second kappa shape index (κ2) is 6.64. The summed E-state index contributed by atoms with van der Waals surface area (Å²) in [6.07, 6.45) is 4.89. The Morgan fingerprint density at radius 1 is 1.33 bits per heavy atom. The quantitative estimate of drug-likeness (QED) is 0.916. The molecule has 18 heavy (non-hydrogen) atoms. The second-order valence-electron chi connectivity index (χ2n) is 4.81. The van der Waals surface area contributed by atoms with Gasteiger partial charge in [-0.15, -0.1) is 0 Å². The molecular formula is C14H19BrFNO. The fraction of sp³-hybridized carbons (Fsp3) is 0.571. The summed E-state index contributed by atoms with van der Waals surface area (Å²) >= 11 is 3.36. The van der Waals surface area contributed by atoms with Crippen molar-refractivity contribution in [2.24, 2.45) is 0 Å². The first-order chi connectivity index (χ1) is 8.69. The van der Waals surface area contributed by atoms with Gasteiger partial charge < -0.3 is 10.1 Å². The van der Waals surface area contributed by atoms with Crippen LogP contribution in [0.25, 0.3) is 0 Å². The molecule has 0 saturated heterocycles. The first kappa shape index (κ1) is 14.0. The molecule has 100 valence electrons. The highest BCUT2D eigenvalue weighted by Crippen LogP contribution is 2.24. The summed E-state index contributed by atoms with van der Waals surface area (Å²) in [5, 5.41) is 3.31. The highest BCUT2D eigenvalue weighted by Gasteiger charge is 2.20. The predicted molar refractivity (Wildman–Crippen MR) is 74.0 cm³/mol. The third-order valence-corrected chi connectivity index (χ3v) is 4.31. The fourth-order valence-electron chi connectivity index (χ4n) is 2.36. The molecule has 0 amide bonds. The van der Waals surface area contributed by atoms with Crippen molar-refractivity contribution in [3.8, 4) is 0 Å². The lowest BCUT2D eigenvalue weighted by Crippen LogP contribution is -2.32. The largest absolute Gasteiger partial charge is 0.374 e. The van der Waals surface area contributed by atoms with Crippen molar-refractivity contribution in [3.63, 3.8) is 0 Å². The van der Waals surface area contributed by atoms with E-state index in [0.29, 0.717) is 18.8 Å². The monoisotopic (exact) mass is 315 g/mol. The van der Waals surface area contributed by atoms with Gasteiger partial charge in [-0.1, -0.05) is 22.0 Å². The Morgan fingerprint density at radius 2 is 2.06 bits per heavy atom. The minimum Gasteiger partial charge on any atom is -0.374 e. The van der Waals surface area contributed by atoms with Gasteiger partial charge >= 0.3 is 0 Å². The SMILES string of the molecule is CNC1CCC(OCc2ccc(F)cc2Br)CC1. The minimum absolute atomic E-state index is 0.222. The van der Waals surface area contributed by atoms with Crippen molar-refractivity contribution in [1.29, 1.82) is 0 Å². The zero-order valence-corrected chi connectivity index (χ0v) is 12.2. The van der Waals surface area contributed by atoms with E-state index in [1.165, 1.54) is 25.0 Å². The normalized spacial score (nSPS) is 24.2. The van der Waals surface area contributed by atoms with E-state index in [9.17, 15) is 4.39 Å². The van der Waals surface area contributed by atoms with Crippen LogP contribution in [-0.2, 0) is 11.3 Å². The molecule has 0 radical (unpaired) electrons. The predicted octanol–water partition coefficient (Wildman–Crippen LogP) is 3.64. The van der Waals surface area contributed by atoms with E-state index < -0.39 is 0 Å². The molecule has 0 bridgehead atoms. The Morgan fingerprint density at radius 3 is 2.67 bits per heavy atom. The summed E-state index contributed by atoms with van der Waals surface area (Å²) in [6, 6.07) is 5.37. The van der Waals surface area contributed by atoms with Crippen LogP contribution < -0.4 is 5.32 Å². The number of benzene rings is 1. The highest BCUT2D eigenvalue weighted by atomic mass is 79.9. The molecule has 0 spiro atoms. The van der Waals surface area contributed by atoms with Gasteiger partial charge in [-0.05, 0) is 50.4 Å². The smallest absolute Gasteiger partial charge is 0.124 e. The molecule has 0 aromatic heterocycles. The lowest BCUT2D eigenvalue weighted by atomic mass is 9.93. The molecule has 1 fully saturated rings. The van der Waals surface area contributed by atoms with Gasteiger partial charge in [0.15, 0.2) is 0 Å². The van der Waals surface area contributed by atoms with Gasteiger partial charge in [0, 0.05) is 10.5 Å². The second-order valence-corrected chi connectivity index (χ2v) is 5.66. The minimum atomic E-state index is -0.222. The Kier molecular flexibility index (Phi) is 5.15. The van der Waals surface area contributed by atoms with E-state index in [0.717, 1.165) is 22.9 Å². The molecule has 0 atom stereocenters. The lowest BCUT2D eigenvalue weighted by Gasteiger charge is -2.28. The Bertz CT molecular complexity index is 391. The average molecular weight is 316 g/mol. The van der Waals surface area contributed by atoms with E-state index in [-0.39, 0.29) is 5.82 Å². The van der Waals surface area contributed by atoms with Crippen molar-refractivity contribution in [1.82, 2.24) is 5.32 Å². The molecule has 0 unspecified atom stereocenters. The van der Waals surface area contributed by atoms with Gasteiger partial charge in [-0.25, -0.2) is 4.39 Å². The molecule has 2 nitrogen and oxygen atoms in total. The summed E-state index contributed by atoms with van der Waals surface area (Å²) in [5.41, 5.74) is 1.01. The molecular weight excluding hydrogens is 297 g/mol. The van der Waals surface area contributed by atoms with Crippen LogP contribution in [0.5, 0.6) is 0 Å². The van der Waals surface area contributed by atoms with Crippen LogP contribution in [0.2, 0.25) is 0 Å². The molecule has 0 aliphatic heterocycles. The molecule has 1 aliphatic carbocycles. The first-order valence-electron chi connectivity index (χ1n) is 6.42. The van der Waals surface area contributed by atoms with Crippen LogP contribution >= 0.6 is 15.9 Å². The van der Waals surface area contributed by atoms with E-state index in [1.807, 2.05) is 7.05 Å². The highest BCUT2D eigenvalue weighted by molar-refractivity contribution is 9.10. The third kappa shape index (κ3) is 3.77. The zero-order valence-electron chi connectivity index (χ0n) is 10.6. The number of nitrogens with one attached hydrogen (secondary N) is 1. The number of ether oxygens (including phenoxy) is 1. The third-order valence-electron chi connectivity index (χ3n) is 3.57. The van der Waals surface area contributed by atoms with Crippen LogP contribution in [0, 0.1) is 5.82 Å². The summed E-state index contributed by atoms with van der Waals surface area (Å²) in [7, 11) is 2.02. The molecule has 2 rings (SSSR count). The van der Waals surface area contributed by atoms with Gasteiger partial charge in [0.25, 0.3) is 0 Å². The van der Waals surface area contributed by atoms with Crippen molar-refractivity contribution in [2.75, 3.05) is 7.05 Å². The fourth-order valence-corrected chi connectivity index (χ4v) is 2.83. The van der Waals surface area contributed by atoms with Crippen LogP contribution in [0.15, 0.2) is 22.7 Å². The number of hydrogen-bond donors (Lipinski definition) is 1. The van der Waals surface area contributed by atoms with Gasteiger partial charge in [-0.2, -0.15) is 0 Å². The van der Waals surface area contributed by atoms with E-state index in [1.54, 1.807) is 6.07 Å². The van der Waals surface area contributed by atoms with Gasteiger partial charge in [0.1, 0.15) is 5.82 Å². The summed E-state index contributed by atoms with van der Waals surface area (Å²) in [6.45, 7) is 0.551. The summed E-state index contributed by atoms with van der Waals surface area (Å²) < 4.78 is 19.6. The van der Waals surface area contributed by atoms with Crippen LogP contribution in [0.1, 0.15) is 31.2 Å². The maximum absolute atomic E-state index is 12.9. The molecule has 1 saturated carbocycles. The molecule has 0 heterocycles. The molecule has 1 aliphatic rings. The number of hydrogen-bond acceptors (Lipinski definition) is 2. The Labute approximate surface area is 116 Å². The lowest BCUT2D eigenvalue weighted by molar-refractivity contribution is 0.0116. The first-order valence-corrected chi connectivity index (χ1v) is 7.21. The van der Waals surface area contributed by atoms with E-state index in [4.69, 9.17) is 4.74 Å². The van der Waals surface area contributed by atoms with E-state index in [2.05, 4.69) is 21.2 Å². The van der Waals surface area contributed by atoms with Crippen molar-refractivity contribution < 1.29 is 9.13 Å². The topological polar surface area (TPSA) is 21.3 Å². The average Bonchev–Trinajstić information content (AvgIpc) is 2.38. The molecule has 1 N–H and O–H groups in total. The van der Waals surface area contributed by atoms with Crippen LogP contribution in [0.3, 0.4) is 0 Å². The van der Waals surface area contributed by atoms with Crippen molar-refractivity contribution in [2.45, 2.75) is 44.4 Å². The van der Waals surface area contributed by atoms with Crippen molar-refractivity contribution >= 4 is 15.9 Å². The number of halogens is 2. The summed E-state index contributed by atoms with van der Waals surface area (Å²) in [4.78, 5) is 0. The molecule has 1 aromatic carbocycles. The maximum atomic E-state index is 12.9. The number of rotatable bonds is 4.